The Kier molecular flexibility index (Phi) is 3.92. The Labute approximate surface area is 84.8 Å². The molecular weight excluding hydrogens is 178 g/mol. The highest BCUT2D eigenvalue weighted by atomic mass is 16.6. The maximum absolute atomic E-state index is 5.30. The highest BCUT2D eigenvalue weighted by molar-refractivity contribution is 5.42. The van der Waals surface area contributed by atoms with Gasteiger partial charge in [0.25, 0.3) is 0 Å². The molecule has 0 heterocycles. The minimum Gasteiger partial charge on any atom is -0.496 e. The van der Waals surface area contributed by atoms with E-state index in [0.29, 0.717) is 12.5 Å². The molecule has 0 saturated carbocycles. The Hall–Kier alpha value is -1.06. The second-order valence-corrected chi connectivity index (χ2v) is 3.50. The van der Waals surface area contributed by atoms with Crippen molar-refractivity contribution in [2.75, 3.05) is 7.11 Å². The van der Waals surface area contributed by atoms with Gasteiger partial charge in [-0.1, -0.05) is 26.0 Å². The van der Waals surface area contributed by atoms with Crippen LogP contribution in [0.1, 0.15) is 30.9 Å². The molecule has 0 atom stereocenters. The molecule has 0 saturated heterocycles. The van der Waals surface area contributed by atoms with Gasteiger partial charge in [0.2, 0.25) is 0 Å². The van der Waals surface area contributed by atoms with Crippen molar-refractivity contribution < 1.29 is 9.57 Å². The number of nitrogens with two attached hydrogens (primary N) is 1. The van der Waals surface area contributed by atoms with E-state index >= 15 is 0 Å². The third-order valence-corrected chi connectivity index (χ3v) is 2.19. The minimum absolute atomic E-state index is 0.399. The second-order valence-electron chi connectivity index (χ2n) is 3.50. The Bertz CT molecular complexity index is 297. The molecule has 0 amide bonds. The van der Waals surface area contributed by atoms with Crippen LogP contribution in [0, 0.1) is 0 Å². The molecule has 3 nitrogen and oxygen atoms in total. The van der Waals surface area contributed by atoms with Crippen molar-refractivity contribution in [3.63, 3.8) is 0 Å². The van der Waals surface area contributed by atoms with E-state index in [-0.39, 0.29) is 0 Å². The zero-order valence-electron chi connectivity index (χ0n) is 8.91. The maximum Gasteiger partial charge on any atom is 0.122 e. The lowest BCUT2D eigenvalue weighted by atomic mass is 9.96. The molecule has 0 aliphatic heterocycles. The largest absolute Gasteiger partial charge is 0.496 e. The number of rotatable bonds is 4. The molecule has 0 aliphatic rings. The number of methoxy groups -OCH3 is 1. The summed E-state index contributed by atoms with van der Waals surface area (Å²) in [5.41, 5.74) is 2.25. The molecule has 0 fully saturated rings. The first-order valence-electron chi connectivity index (χ1n) is 4.68. The summed E-state index contributed by atoms with van der Waals surface area (Å²) in [6.07, 6.45) is 0. The van der Waals surface area contributed by atoms with Crippen molar-refractivity contribution in [1.82, 2.24) is 0 Å². The van der Waals surface area contributed by atoms with Crippen LogP contribution in [0.4, 0.5) is 0 Å². The van der Waals surface area contributed by atoms with E-state index in [0.717, 1.165) is 11.3 Å². The molecule has 0 bridgehead atoms. The molecule has 0 unspecified atom stereocenters. The first-order chi connectivity index (χ1) is 6.70. The van der Waals surface area contributed by atoms with Crippen molar-refractivity contribution in [2.45, 2.75) is 26.4 Å². The molecule has 1 aromatic rings. The molecule has 0 aliphatic carbocycles. The van der Waals surface area contributed by atoms with E-state index in [1.807, 2.05) is 18.2 Å². The highest BCUT2D eigenvalue weighted by Crippen LogP contribution is 2.29. The van der Waals surface area contributed by atoms with Gasteiger partial charge in [0, 0.05) is 5.56 Å². The lowest BCUT2D eigenvalue weighted by Gasteiger charge is -2.15. The SMILES string of the molecule is COc1cccc(CON)c1C(C)C. The van der Waals surface area contributed by atoms with E-state index in [1.165, 1.54) is 5.56 Å². The summed E-state index contributed by atoms with van der Waals surface area (Å²) < 4.78 is 5.30. The smallest absolute Gasteiger partial charge is 0.122 e. The van der Waals surface area contributed by atoms with Gasteiger partial charge in [-0.25, -0.2) is 5.90 Å². The van der Waals surface area contributed by atoms with Crippen LogP contribution in [0.15, 0.2) is 18.2 Å². The molecule has 3 heteroatoms. The topological polar surface area (TPSA) is 44.5 Å². The Balaban J connectivity index is 3.14. The van der Waals surface area contributed by atoms with Crippen LogP contribution in [0.3, 0.4) is 0 Å². The summed E-state index contributed by atoms with van der Waals surface area (Å²) >= 11 is 0. The zero-order valence-corrected chi connectivity index (χ0v) is 8.91. The summed E-state index contributed by atoms with van der Waals surface area (Å²) in [5.74, 6) is 6.38. The molecular formula is C11H17NO2. The van der Waals surface area contributed by atoms with Gasteiger partial charge in [-0.15, -0.1) is 0 Å². The lowest BCUT2D eigenvalue weighted by Crippen LogP contribution is -2.05. The Morgan fingerprint density at radius 3 is 2.57 bits per heavy atom. The van der Waals surface area contributed by atoms with Gasteiger partial charge in [-0.2, -0.15) is 0 Å². The van der Waals surface area contributed by atoms with Gasteiger partial charge < -0.3 is 4.74 Å². The van der Waals surface area contributed by atoms with E-state index in [2.05, 4.69) is 18.7 Å². The molecule has 0 spiro atoms. The standard InChI is InChI=1S/C11H17NO2/c1-8(2)11-9(7-14-12)5-4-6-10(11)13-3/h4-6,8H,7,12H2,1-3H3. The van der Waals surface area contributed by atoms with Crippen molar-refractivity contribution >= 4 is 0 Å². The molecule has 1 aromatic carbocycles. The van der Waals surface area contributed by atoms with Gasteiger partial charge in [0.05, 0.1) is 13.7 Å². The number of hydrogen-bond acceptors (Lipinski definition) is 3. The third-order valence-electron chi connectivity index (χ3n) is 2.19. The minimum atomic E-state index is 0.399. The van der Waals surface area contributed by atoms with Gasteiger partial charge in [-0.05, 0) is 17.5 Å². The quantitative estimate of drug-likeness (QED) is 0.749. The van der Waals surface area contributed by atoms with Crippen molar-refractivity contribution in [3.05, 3.63) is 29.3 Å². The molecule has 14 heavy (non-hydrogen) atoms. The van der Waals surface area contributed by atoms with Crippen molar-refractivity contribution in [3.8, 4) is 5.75 Å². The second kappa shape index (κ2) is 4.98. The fourth-order valence-electron chi connectivity index (χ4n) is 1.64. The average Bonchev–Trinajstić information content (AvgIpc) is 2.17. The van der Waals surface area contributed by atoms with Gasteiger partial charge in [-0.3, -0.25) is 4.84 Å². The van der Waals surface area contributed by atoms with E-state index in [9.17, 15) is 0 Å². The van der Waals surface area contributed by atoms with Crippen LogP contribution in [-0.2, 0) is 11.4 Å². The maximum atomic E-state index is 5.30. The normalized spacial score (nSPS) is 10.6. The molecule has 2 N–H and O–H groups in total. The van der Waals surface area contributed by atoms with Crippen molar-refractivity contribution in [1.29, 1.82) is 0 Å². The Morgan fingerprint density at radius 1 is 1.36 bits per heavy atom. The third kappa shape index (κ3) is 2.25. The fourth-order valence-corrected chi connectivity index (χ4v) is 1.64. The van der Waals surface area contributed by atoms with Crippen LogP contribution in [-0.4, -0.2) is 7.11 Å². The zero-order chi connectivity index (χ0) is 10.6. The van der Waals surface area contributed by atoms with Gasteiger partial charge >= 0.3 is 0 Å². The van der Waals surface area contributed by atoms with Crippen LogP contribution >= 0.6 is 0 Å². The predicted molar refractivity (Wildman–Crippen MR) is 56.1 cm³/mol. The lowest BCUT2D eigenvalue weighted by molar-refractivity contribution is 0.123. The Morgan fingerprint density at radius 2 is 2.07 bits per heavy atom. The van der Waals surface area contributed by atoms with Crippen LogP contribution in [0.25, 0.3) is 0 Å². The first-order valence-corrected chi connectivity index (χ1v) is 4.68. The summed E-state index contributed by atoms with van der Waals surface area (Å²) in [6.45, 7) is 4.67. The number of hydrogen-bond donors (Lipinski definition) is 1. The fraction of sp³-hybridized carbons (Fsp3) is 0.455. The molecule has 0 radical (unpaired) electrons. The highest BCUT2D eigenvalue weighted by Gasteiger charge is 2.11. The monoisotopic (exact) mass is 195 g/mol. The first kappa shape index (κ1) is 11.0. The summed E-state index contributed by atoms with van der Waals surface area (Å²) in [4.78, 5) is 4.66. The van der Waals surface area contributed by atoms with Crippen LogP contribution in [0.5, 0.6) is 5.75 Å². The van der Waals surface area contributed by atoms with E-state index in [4.69, 9.17) is 10.6 Å². The number of benzene rings is 1. The average molecular weight is 195 g/mol. The molecule has 78 valence electrons. The summed E-state index contributed by atoms with van der Waals surface area (Å²) in [6, 6.07) is 5.90. The van der Waals surface area contributed by atoms with Crippen molar-refractivity contribution in [2.24, 2.45) is 5.90 Å². The van der Waals surface area contributed by atoms with E-state index < -0.39 is 0 Å². The van der Waals surface area contributed by atoms with Gasteiger partial charge in [0.15, 0.2) is 0 Å². The van der Waals surface area contributed by atoms with Gasteiger partial charge in [0.1, 0.15) is 5.75 Å². The van der Waals surface area contributed by atoms with E-state index in [1.54, 1.807) is 7.11 Å². The molecule has 1 rings (SSSR count). The summed E-state index contributed by atoms with van der Waals surface area (Å²) in [7, 11) is 1.67. The predicted octanol–water partition coefficient (Wildman–Crippen LogP) is 2.21. The number of ether oxygens (including phenoxy) is 1. The molecule has 0 aromatic heterocycles. The van der Waals surface area contributed by atoms with Crippen LogP contribution in [0.2, 0.25) is 0 Å². The summed E-state index contributed by atoms with van der Waals surface area (Å²) in [5, 5.41) is 0. The van der Waals surface area contributed by atoms with Crippen LogP contribution < -0.4 is 10.6 Å².